The fraction of sp³-hybridized carbons (Fsp3) is 0.444. The number of nitrogens with two attached hydrogens (primary N) is 1. The topological polar surface area (TPSA) is 72.2 Å². The molecular weight excluding hydrogens is 300 g/mol. The van der Waals surface area contributed by atoms with Crippen LogP contribution in [0.15, 0.2) is 10.3 Å². The van der Waals surface area contributed by atoms with E-state index in [2.05, 4.69) is 4.72 Å². The number of hydrogen-bond donors (Lipinski definition) is 2. The van der Waals surface area contributed by atoms with Crippen LogP contribution in [0.1, 0.15) is 18.4 Å². The van der Waals surface area contributed by atoms with Gasteiger partial charge in [-0.3, -0.25) is 0 Å². The molecule has 0 aliphatic rings. The molecule has 0 aliphatic heterocycles. The molecule has 0 atom stereocenters. The van der Waals surface area contributed by atoms with Crippen molar-refractivity contribution in [1.82, 2.24) is 4.72 Å². The Kier molecular flexibility index (Phi) is 5.33. The fourth-order valence-electron chi connectivity index (χ4n) is 1.10. The Labute approximate surface area is 115 Å². The van der Waals surface area contributed by atoms with Crippen molar-refractivity contribution in [2.75, 3.05) is 6.54 Å². The lowest BCUT2D eigenvalue weighted by atomic mass is 10.3. The van der Waals surface area contributed by atoms with E-state index in [1.54, 1.807) is 13.0 Å². The third kappa shape index (κ3) is 4.51. The first-order valence-electron chi connectivity index (χ1n) is 4.87. The molecular formula is C9H13ClN2O2S3. The summed E-state index contributed by atoms with van der Waals surface area (Å²) in [4.78, 5) is 0.388. The molecule has 1 rings (SSSR count). The predicted molar refractivity (Wildman–Crippen MR) is 75.3 cm³/mol. The van der Waals surface area contributed by atoms with Gasteiger partial charge in [0.05, 0.1) is 9.32 Å². The number of thiocarbonyl (C=S) groups is 1. The Hall–Kier alpha value is -0.210. The van der Waals surface area contributed by atoms with E-state index in [0.717, 1.165) is 16.9 Å². The molecule has 0 aliphatic carbocycles. The standard InChI is InChI=1S/C9H13ClN2O2S3/c1-6-5-8(16-9(6)10)17(13,14)12-4-2-3-7(11)15/h5,12H,2-4H2,1H3,(H2,11,15). The Morgan fingerprint density at radius 3 is 2.76 bits per heavy atom. The molecule has 0 unspecified atom stereocenters. The summed E-state index contributed by atoms with van der Waals surface area (Å²) in [6, 6.07) is 1.56. The van der Waals surface area contributed by atoms with Crippen molar-refractivity contribution in [2.45, 2.75) is 24.0 Å². The van der Waals surface area contributed by atoms with E-state index in [1.807, 2.05) is 0 Å². The largest absolute Gasteiger partial charge is 0.393 e. The minimum atomic E-state index is -3.46. The van der Waals surface area contributed by atoms with E-state index >= 15 is 0 Å². The number of thiophene rings is 1. The zero-order valence-corrected chi connectivity index (χ0v) is 12.4. The van der Waals surface area contributed by atoms with Gasteiger partial charge >= 0.3 is 0 Å². The Morgan fingerprint density at radius 1 is 1.65 bits per heavy atom. The molecule has 17 heavy (non-hydrogen) atoms. The quantitative estimate of drug-likeness (QED) is 0.623. The molecule has 0 saturated heterocycles. The van der Waals surface area contributed by atoms with Gasteiger partial charge in [0.1, 0.15) is 4.21 Å². The first-order chi connectivity index (χ1) is 7.83. The summed E-state index contributed by atoms with van der Waals surface area (Å²) in [6.45, 7) is 2.08. The minimum absolute atomic E-state index is 0.232. The minimum Gasteiger partial charge on any atom is -0.393 e. The van der Waals surface area contributed by atoms with Crippen LogP contribution < -0.4 is 10.5 Å². The van der Waals surface area contributed by atoms with Crippen LogP contribution in [-0.4, -0.2) is 20.0 Å². The molecule has 0 aromatic carbocycles. The molecule has 0 bridgehead atoms. The fourth-order valence-corrected chi connectivity index (χ4v) is 4.08. The monoisotopic (exact) mass is 312 g/mol. The lowest BCUT2D eigenvalue weighted by Gasteiger charge is -2.03. The first-order valence-corrected chi connectivity index (χ1v) is 7.95. The van der Waals surface area contributed by atoms with E-state index in [4.69, 9.17) is 29.6 Å². The lowest BCUT2D eigenvalue weighted by Crippen LogP contribution is -2.25. The van der Waals surface area contributed by atoms with Crippen LogP contribution in [0.5, 0.6) is 0 Å². The molecule has 0 amide bonds. The molecule has 1 aromatic rings. The van der Waals surface area contributed by atoms with E-state index < -0.39 is 10.0 Å². The zero-order valence-electron chi connectivity index (χ0n) is 9.20. The van der Waals surface area contributed by atoms with Gasteiger partial charge in [0.25, 0.3) is 0 Å². The maximum atomic E-state index is 11.8. The van der Waals surface area contributed by atoms with Crippen molar-refractivity contribution in [2.24, 2.45) is 5.73 Å². The predicted octanol–water partition coefficient (Wildman–Crippen LogP) is 2.05. The van der Waals surface area contributed by atoms with Crippen molar-refractivity contribution < 1.29 is 8.42 Å². The smallest absolute Gasteiger partial charge is 0.250 e. The molecule has 0 saturated carbocycles. The van der Waals surface area contributed by atoms with Gasteiger partial charge in [-0.2, -0.15) is 0 Å². The average molecular weight is 313 g/mol. The van der Waals surface area contributed by atoms with Crippen molar-refractivity contribution in [3.63, 3.8) is 0 Å². The SMILES string of the molecule is Cc1cc(S(=O)(=O)NCCCC(N)=S)sc1Cl. The van der Waals surface area contributed by atoms with E-state index in [-0.39, 0.29) is 4.21 Å². The molecule has 1 aromatic heterocycles. The van der Waals surface area contributed by atoms with Crippen LogP contribution in [0.2, 0.25) is 4.34 Å². The van der Waals surface area contributed by atoms with Crippen LogP contribution in [0.3, 0.4) is 0 Å². The first kappa shape index (κ1) is 14.8. The highest BCUT2D eigenvalue weighted by atomic mass is 35.5. The number of sulfonamides is 1. The van der Waals surface area contributed by atoms with Crippen molar-refractivity contribution in [1.29, 1.82) is 0 Å². The average Bonchev–Trinajstić information content (AvgIpc) is 2.55. The molecule has 4 nitrogen and oxygen atoms in total. The van der Waals surface area contributed by atoms with Crippen LogP contribution in [0, 0.1) is 6.92 Å². The van der Waals surface area contributed by atoms with E-state index in [1.165, 1.54) is 0 Å². The number of hydrogen-bond acceptors (Lipinski definition) is 4. The maximum absolute atomic E-state index is 11.8. The highest BCUT2D eigenvalue weighted by molar-refractivity contribution is 7.91. The number of nitrogens with one attached hydrogen (secondary N) is 1. The van der Waals surface area contributed by atoms with E-state index in [0.29, 0.717) is 28.7 Å². The normalized spacial score (nSPS) is 11.6. The van der Waals surface area contributed by atoms with Gasteiger partial charge in [0, 0.05) is 6.54 Å². The third-order valence-electron chi connectivity index (χ3n) is 1.99. The number of aryl methyl sites for hydroxylation is 1. The van der Waals surface area contributed by atoms with Gasteiger partial charge in [0.2, 0.25) is 10.0 Å². The van der Waals surface area contributed by atoms with Crippen LogP contribution in [-0.2, 0) is 10.0 Å². The molecule has 0 radical (unpaired) electrons. The third-order valence-corrected chi connectivity index (χ3v) is 5.69. The molecule has 1 heterocycles. The van der Waals surface area contributed by atoms with Crippen LogP contribution >= 0.6 is 35.2 Å². The summed E-state index contributed by atoms with van der Waals surface area (Å²) >= 11 is 11.6. The summed E-state index contributed by atoms with van der Waals surface area (Å²) in [5.41, 5.74) is 6.08. The highest BCUT2D eigenvalue weighted by Crippen LogP contribution is 2.29. The number of halogens is 1. The summed E-state index contributed by atoms with van der Waals surface area (Å²) < 4.78 is 26.8. The molecule has 0 fully saturated rings. The van der Waals surface area contributed by atoms with Gasteiger partial charge in [-0.05, 0) is 31.4 Å². The van der Waals surface area contributed by atoms with Crippen LogP contribution in [0.25, 0.3) is 0 Å². The maximum Gasteiger partial charge on any atom is 0.250 e. The molecule has 3 N–H and O–H groups in total. The number of rotatable bonds is 6. The van der Waals surface area contributed by atoms with Gasteiger partial charge in [-0.25, -0.2) is 13.1 Å². The van der Waals surface area contributed by atoms with Crippen LogP contribution in [0.4, 0.5) is 0 Å². The summed E-state index contributed by atoms with van der Waals surface area (Å²) in [6.07, 6.45) is 1.12. The van der Waals surface area contributed by atoms with Crippen molar-refractivity contribution in [3.05, 3.63) is 16.0 Å². The Balaban J connectivity index is 2.60. The second kappa shape index (κ2) is 6.10. The summed E-state index contributed by atoms with van der Waals surface area (Å²) in [5, 5.41) is 0. The highest BCUT2D eigenvalue weighted by Gasteiger charge is 2.17. The summed E-state index contributed by atoms with van der Waals surface area (Å²) in [7, 11) is -3.46. The lowest BCUT2D eigenvalue weighted by molar-refractivity contribution is 0.582. The Bertz CT molecular complexity index is 491. The van der Waals surface area contributed by atoms with Gasteiger partial charge in [-0.1, -0.05) is 23.8 Å². The van der Waals surface area contributed by atoms with E-state index in [9.17, 15) is 8.42 Å². The van der Waals surface area contributed by atoms with Gasteiger partial charge < -0.3 is 5.73 Å². The summed E-state index contributed by atoms with van der Waals surface area (Å²) in [5.74, 6) is 0. The van der Waals surface area contributed by atoms with Gasteiger partial charge in [-0.15, -0.1) is 11.3 Å². The second-order valence-corrected chi connectivity index (χ2v) is 7.66. The molecule has 0 spiro atoms. The van der Waals surface area contributed by atoms with Crippen molar-refractivity contribution >= 4 is 50.2 Å². The zero-order chi connectivity index (χ0) is 13.1. The second-order valence-electron chi connectivity index (χ2n) is 3.49. The van der Waals surface area contributed by atoms with Gasteiger partial charge in [0.15, 0.2) is 0 Å². The van der Waals surface area contributed by atoms with Crippen molar-refractivity contribution in [3.8, 4) is 0 Å². The molecule has 8 heteroatoms. The molecule has 96 valence electrons. The Morgan fingerprint density at radius 2 is 2.29 bits per heavy atom.